The van der Waals surface area contributed by atoms with Gasteiger partial charge in [-0.25, -0.2) is 0 Å². The third-order valence-corrected chi connectivity index (χ3v) is 4.88. The van der Waals surface area contributed by atoms with E-state index in [0.717, 1.165) is 40.2 Å². The Kier molecular flexibility index (Phi) is 4.53. The number of carbonyl (C=O) groups excluding carboxylic acids is 1. The SMILES string of the molecule is COc1ccc(C2=C(C)C(=O)NC(C)(c3ccc(OC)cc3)C2)cc1. The number of amides is 1. The first-order valence-electron chi connectivity index (χ1n) is 8.28. The van der Waals surface area contributed by atoms with Gasteiger partial charge in [-0.3, -0.25) is 4.79 Å². The van der Waals surface area contributed by atoms with Crippen LogP contribution < -0.4 is 14.8 Å². The Morgan fingerprint density at radius 2 is 1.44 bits per heavy atom. The van der Waals surface area contributed by atoms with Crippen molar-refractivity contribution < 1.29 is 14.3 Å². The summed E-state index contributed by atoms with van der Waals surface area (Å²) >= 11 is 0. The van der Waals surface area contributed by atoms with Gasteiger partial charge in [-0.05, 0) is 54.8 Å². The number of methoxy groups -OCH3 is 2. The molecule has 1 N–H and O–H groups in total. The van der Waals surface area contributed by atoms with Crippen LogP contribution in [0.25, 0.3) is 5.57 Å². The molecule has 0 spiro atoms. The molecule has 0 aliphatic carbocycles. The van der Waals surface area contributed by atoms with Gasteiger partial charge in [0, 0.05) is 12.0 Å². The summed E-state index contributed by atoms with van der Waals surface area (Å²) in [6.07, 6.45) is 0.725. The number of carbonyl (C=O) groups is 1. The first kappa shape index (κ1) is 17.1. The van der Waals surface area contributed by atoms with E-state index in [2.05, 4.69) is 12.2 Å². The molecule has 0 aromatic heterocycles. The minimum atomic E-state index is -0.460. The van der Waals surface area contributed by atoms with Crippen molar-refractivity contribution in [2.45, 2.75) is 25.8 Å². The Bertz CT molecular complexity index is 806. The van der Waals surface area contributed by atoms with E-state index in [-0.39, 0.29) is 5.91 Å². The lowest BCUT2D eigenvalue weighted by atomic mass is 9.78. The van der Waals surface area contributed by atoms with Gasteiger partial charge < -0.3 is 14.8 Å². The average Bonchev–Trinajstić information content (AvgIpc) is 2.65. The van der Waals surface area contributed by atoms with E-state index in [1.54, 1.807) is 14.2 Å². The lowest BCUT2D eigenvalue weighted by Crippen LogP contribution is -2.47. The van der Waals surface area contributed by atoms with E-state index >= 15 is 0 Å². The molecule has 1 aliphatic rings. The Morgan fingerprint density at radius 3 is 1.96 bits per heavy atom. The van der Waals surface area contributed by atoms with Crippen molar-refractivity contribution in [3.8, 4) is 11.5 Å². The molecule has 1 heterocycles. The minimum Gasteiger partial charge on any atom is -0.497 e. The first-order valence-corrected chi connectivity index (χ1v) is 8.28. The van der Waals surface area contributed by atoms with Crippen molar-refractivity contribution in [1.29, 1.82) is 0 Å². The molecular formula is C21H23NO3. The molecule has 1 atom stereocenters. The average molecular weight is 337 g/mol. The summed E-state index contributed by atoms with van der Waals surface area (Å²) in [5.41, 5.74) is 3.46. The van der Waals surface area contributed by atoms with Crippen molar-refractivity contribution in [2.24, 2.45) is 0 Å². The van der Waals surface area contributed by atoms with Crippen molar-refractivity contribution >= 4 is 11.5 Å². The molecule has 0 radical (unpaired) electrons. The van der Waals surface area contributed by atoms with E-state index in [9.17, 15) is 4.79 Å². The van der Waals surface area contributed by atoms with Crippen LogP contribution in [0, 0.1) is 0 Å². The van der Waals surface area contributed by atoms with Crippen LogP contribution in [0.5, 0.6) is 11.5 Å². The lowest BCUT2D eigenvalue weighted by molar-refractivity contribution is -0.119. The summed E-state index contributed by atoms with van der Waals surface area (Å²) in [4.78, 5) is 12.6. The molecule has 1 unspecified atom stereocenters. The molecule has 2 aromatic carbocycles. The van der Waals surface area contributed by atoms with E-state index in [4.69, 9.17) is 9.47 Å². The molecule has 0 bridgehead atoms. The van der Waals surface area contributed by atoms with Crippen molar-refractivity contribution in [3.05, 3.63) is 65.2 Å². The molecule has 1 aliphatic heterocycles. The maximum absolute atomic E-state index is 12.6. The predicted octanol–water partition coefficient (Wildman–Crippen LogP) is 3.91. The van der Waals surface area contributed by atoms with Gasteiger partial charge >= 0.3 is 0 Å². The molecule has 130 valence electrons. The highest BCUT2D eigenvalue weighted by Crippen LogP contribution is 2.38. The van der Waals surface area contributed by atoms with Crippen LogP contribution in [-0.4, -0.2) is 20.1 Å². The Hall–Kier alpha value is -2.75. The van der Waals surface area contributed by atoms with Crippen LogP contribution >= 0.6 is 0 Å². The number of ether oxygens (including phenoxy) is 2. The summed E-state index contributed by atoms with van der Waals surface area (Å²) in [5.74, 6) is 1.58. The van der Waals surface area contributed by atoms with Crippen LogP contribution in [0.15, 0.2) is 54.1 Å². The molecular weight excluding hydrogens is 314 g/mol. The largest absolute Gasteiger partial charge is 0.497 e. The number of hydrogen-bond donors (Lipinski definition) is 1. The maximum Gasteiger partial charge on any atom is 0.247 e. The summed E-state index contributed by atoms with van der Waals surface area (Å²) in [6, 6.07) is 15.7. The highest BCUT2D eigenvalue weighted by molar-refractivity contribution is 6.03. The van der Waals surface area contributed by atoms with Gasteiger partial charge in [0.15, 0.2) is 0 Å². The van der Waals surface area contributed by atoms with Crippen LogP contribution in [0.3, 0.4) is 0 Å². The molecule has 4 heteroatoms. The highest BCUT2D eigenvalue weighted by Gasteiger charge is 2.35. The van der Waals surface area contributed by atoms with Gasteiger partial charge in [-0.2, -0.15) is 0 Å². The number of benzene rings is 2. The topological polar surface area (TPSA) is 47.6 Å². The van der Waals surface area contributed by atoms with Gasteiger partial charge in [0.05, 0.1) is 19.8 Å². The second kappa shape index (κ2) is 6.63. The van der Waals surface area contributed by atoms with E-state index in [0.29, 0.717) is 0 Å². The monoisotopic (exact) mass is 337 g/mol. The predicted molar refractivity (Wildman–Crippen MR) is 98.7 cm³/mol. The number of nitrogens with one attached hydrogen (secondary N) is 1. The van der Waals surface area contributed by atoms with Crippen molar-refractivity contribution in [2.75, 3.05) is 14.2 Å². The van der Waals surface area contributed by atoms with E-state index < -0.39 is 5.54 Å². The molecule has 25 heavy (non-hydrogen) atoms. The fraction of sp³-hybridized carbons (Fsp3) is 0.286. The van der Waals surface area contributed by atoms with Gasteiger partial charge in [0.2, 0.25) is 5.91 Å². The molecule has 1 amide bonds. The fourth-order valence-electron chi connectivity index (χ4n) is 3.26. The standard InChI is InChI=1S/C21H23NO3/c1-14-19(15-5-9-17(24-3)10-6-15)13-21(2,22-20(14)23)16-7-11-18(25-4)12-8-16/h5-12H,13H2,1-4H3,(H,22,23). The minimum absolute atomic E-state index is 0.0320. The van der Waals surface area contributed by atoms with Gasteiger partial charge in [-0.15, -0.1) is 0 Å². The quantitative estimate of drug-likeness (QED) is 0.920. The summed E-state index contributed by atoms with van der Waals surface area (Å²) in [5, 5.41) is 3.16. The molecule has 0 saturated heterocycles. The third-order valence-electron chi connectivity index (χ3n) is 4.88. The molecule has 3 rings (SSSR count). The fourth-order valence-corrected chi connectivity index (χ4v) is 3.26. The normalized spacial score (nSPS) is 20.2. The summed E-state index contributed by atoms with van der Waals surface area (Å²) < 4.78 is 10.5. The number of hydrogen-bond acceptors (Lipinski definition) is 3. The third kappa shape index (κ3) is 3.25. The van der Waals surface area contributed by atoms with Crippen LogP contribution in [0.1, 0.15) is 31.4 Å². The second-order valence-electron chi connectivity index (χ2n) is 6.52. The highest BCUT2D eigenvalue weighted by atomic mass is 16.5. The zero-order valence-corrected chi connectivity index (χ0v) is 15.1. The maximum atomic E-state index is 12.6. The van der Waals surface area contributed by atoms with Crippen molar-refractivity contribution in [3.63, 3.8) is 0 Å². The molecule has 0 fully saturated rings. The van der Waals surface area contributed by atoms with Gasteiger partial charge in [-0.1, -0.05) is 24.3 Å². The Balaban J connectivity index is 1.98. The van der Waals surface area contributed by atoms with Crippen LogP contribution in [0.4, 0.5) is 0 Å². The van der Waals surface area contributed by atoms with Gasteiger partial charge in [0.1, 0.15) is 11.5 Å². The Morgan fingerprint density at radius 1 is 0.920 bits per heavy atom. The molecule has 0 saturated carbocycles. The Labute approximate surface area is 148 Å². The van der Waals surface area contributed by atoms with Gasteiger partial charge in [0.25, 0.3) is 0 Å². The summed E-state index contributed by atoms with van der Waals surface area (Å²) in [6.45, 7) is 3.94. The van der Waals surface area contributed by atoms with E-state index in [1.165, 1.54) is 0 Å². The zero-order valence-electron chi connectivity index (χ0n) is 15.1. The lowest BCUT2D eigenvalue weighted by Gasteiger charge is -2.37. The van der Waals surface area contributed by atoms with Crippen molar-refractivity contribution in [1.82, 2.24) is 5.32 Å². The van der Waals surface area contributed by atoms with E-state index in [1.807, 2.05) is 55.5 Å². The molecule has 4 nitrogen and oxygen atoms in total. The number of rotatable bonds is 4. The van der Waals surface area contributed by atoms with Crippen LogP contribution in [0.2, 0.25) is 0 Å². The smallest absolute Gasteiger partial charge is 0.247 e. The first-order chi connectivity index (χ1) is 12.0. The second-order valence-corrected chi connectivity index (χ2v) is 6.52. The molecule has 2 aromatic rings. The zero-order chi connectivity index (χ0) is 18.0. The summed E-state index contributed by atoms with van der Waals surface area (Å²) in [7, 11) is 3.29. The van der Waals surface area contributed by atoms with Crippen LogP contribution in [-0.2, 0) is 10.3 Å².